The third kappa shape index (κ3) is 3.53. The first-order valence-corrected chi connectivity index (χ1v) is 6.20. The lowest BCUT2D eigenvalue weighted by Crippen LogP contribution is -2.29. The van der Waals surface area contributed by atoms with Crippen LogP contribution in [-0.2, 0) is 15.9 Å². The molecule has 0 aromatic heterocycles. The molecule has 0 spiro atoms. The molecule has 3 nitrogen and oxygen atoms in total. The number of hydrogen-bond donors (Lipinski definition) is 1. The van der Waals surface area contributed by atoms with Gasteiger partial charge in [0.25, 0.3) is 0 Å². The quantitative estimate of drug-likeness (QED) is 0.867. The van der Waals surface area contributed by atoms with Gasteiger partial charge in [-0.3, -0.25) is 0 Å². The van der Waals surface area contributed by atoms with E-state index in [2.05, 4.69) is 32.0 Å². The smallest absolute Gasteiger partial charge is 0.159 e. The van der Waals surface area contributed by atoms with Crippen molar-refractivity contribution in [2.24, 2.45) is 5.73 Å². The summed E-state index contributed by atoms with van der Waals surface area (Å²) in [5, 5.41) is 0. The maximum Gasteiger partial charge on any atom is 0.159 e. The molecular weight excluding hydrogens is 214 g/mol. The van der Waals surface area contributed by atoms with E-state index < -0.39 is 0 Å². The molecule has 1 unspecified atom stereocenters. The lowest BCUT2D eigenvalue weighted by Gasteiger charge is -2.17. The van der Waals surface area contributed by atoms with Gasteiger partial charge in [-0.25, -0.2) is 0 Å². The van der Waals surface area contributed by atoms with E-state index >= 15 is 0 Å². The van der Waals surface area contributed by atoms with E-state index in [4.69, 9.17) is 15.2 Å². The Morgan fingerprint density at radius 3 is 2.71 bits per heavy atom. The summed E-state index contributed by atoms with van der Waals surface area (Å²) in [6.45, 7) is 5.63. The number of rotatable bonds is 4. The summed E-state index contributed by atoms with van der Waals surface area (Å²) in [5.41, 5.74) is 10.1. The summed E-state index contributed by atoms with van der Waals surface area (Å²) in [6, 6.07) is 6.59. The lowest BCUT2D eigenvalue weighted by molar-refractivity contribution is -0.0504. The highest BCUT2D eigenvalue weighted by molar-refractivity contribution is 5.31. The molecule has 1 saturated heterocycles. The Balaban J connectivity index is 1.92. The Labute approximate surface area is 103 Å². The van der Waals surface area contributed by atoms with Crippen LogP contribution in [0.5, 0.6) is 0 Å². The van der Waals surface area contributed by atoms with Gasteiger partial charge in [0.2, 0.25) is 0 Å². The van der Waals surface area contributed by atoms with Gasteiger partial charge in [0.1, 0.15) is 0 Å². The van der Waals surface area contributed by atoms with Gasteiger partial charge >= 0.3 is 0 Å². The fourth-order valence-electron chi connectivity index (χ4n) is 2.18. The SMILES string of the molecule is Cc1ccc(C)c(CC(N)CC2OCCO2)c1. The fourth-order valence-corrected chi connectivity index (χ4v) is 2.18. The van der Waals surface area contributed by atoms with Crippen LogP contribution >= 0.6 is 0 Å². The summed E-state index contributed by atoms with van der Waals surface area (Å²) < 4.78 is 10.8. The monoisotopic (exact) mass is 235 g/mol. The molecule has 94 valence electrons. The molecule has 3 heteroatoms. The fraction of sp³-hybridized carbons (Fsp3) is 0.571. The van der Waals surface area contributed by atoms with Crippen molar-refractivity contribution in [3.63, 3.8) is 0 Å². The zero-order valence-corrected chi connectivity index (χ0v) is 10.6. The van der Waals surface area contributed by atoms with Gasteiger partial charge in [-0.15, -0.1) is 0 Å². The Kier molecular flexibility index (Phi) is 4.15. The van der Waals surface area contributed by atoms with Gasteiger partial charge in [-0.1, -0.05) is 23.8 Å². The zero-order chi connectivity index (χ0) is 12.3. The van der Waals surface area contributed by atoms with Gasteiger partial charge in [0, 0.05) is 12.5 Å². The minimum Gasteiger partial charge on any atom is -0.350 e. The average Bonchev–Trinajstić information content (AvgIpc) is 2.76. The highest BCUT2D eigenvalue weighted by Gasteiger charge is 2.19. The molecule has 1 aromatic carbocycles. The van der Waals surface area contributed by atoms with Crippen molar-refractivity contribution in [2.45, 2.75) is 39.0 Å². The number of hydrogen-bond acceptors (Lipinski definition) is 3. The minimum absolute atomic E-state index is 0.0959. The van der Waals surface area contributed by atoms with Crippen molar-refractivity contribution in [1.82, 2.24) is 0 Å². The van der Waals surface area contributed by atoms with Crippen molar-refractivity contribution in [3.8, 4) is 0 Å². The summed E-state index contributed by atoms with van der Waals surface area (Å²) in [6.07, 6.45) is 1.56. The van der Waals surface area contributed by atoms with Crippen molar-refractivity contribution in [2.75, 3.05) is 13.2 Å². The lowest BCUT2D eigenvalue weighted by atomic mass is 9.98. The predicted octanol–water partition coefficient (Wildman–Crippen LogP) is 1.94. The Morgan fingerprint density at radius 2 is 2.00 bits per heavy atom. The molecule has 2 rings (SSSR count). The van der Waals surface area contributed by atoms with Crippen LogP contribution in [0.1, 0.15) is 23.1 Å². The van der Waals surface area contributed by atoms with Gasteiger partial charge in [0.15, 0.2) is 6.29 Å². The summed E-state index contributed by atoms with van der Waals surface area (Å²) in [4.78, 5) is 0. The first-order chi connectivity index (χ1) is 8.15. The molecule has 0 radical (unpaired) electrons. The van der Waals surface area contributed by atoms with Crippen LogP contribution in [0.4, 0.5) is 0 Å². The Hall–Kier alpha value is -0.900. The van der Waals surface area contributed by atoms with Crippen LogP contribution in [-0.4, -0.2) is 25.5 Å². The van der Waals surface area contributed by atoms with Crippen LogP contribution in [0.2, 0.25) is 0 Å². The van der Waals surface area contributed by atoms with E-state index in [9.17, 15) is 0 Å². The molecule has 17 heavy (non-hydrogen) atoms. The number of ether oxygens (including phenoxy) is 2. The molecule has 0 aliphatic carbocycles. The molecule has 1 fully saturated rings. The van der Waals surface area contributed by atoms with E-state index in [0.717, 1.165) is 12.8 Å². The van der Waals surface area contributed by atoms with Gasteiger partial charge in [-0.05, 0) is 31.4 Å². The number of benzene rings is 1. The van der Waals surface area contributed by atoms with Crippen LogP contribution in [0.15, 0.2) is 18.2 Å². The van der Waals surface area contributed by atoms with Crippen LogP contribution in [0.3, 0.4) is 0 Å². The molecule has 1 aliphatic heterocycles. The molecule has 1 atom stereocenters. The molecule has 2 N–H and O–H groups in total. The molecule has 1 aliphatic rings. The van der Waals surface area contributed by atoms with Crippen molar-refractivity contribution in [3.05, 3.63) is 34.9 Å². The van der Waals surface area contributed by atoms with Gasteiger partial charge in [0.05, 0.1) is 13.2 Å². The first-order valence-electron chi connectivity index (χ1n) is 6.20. The zero-order valence-electron chi connectivity index (χ0n) is 10.6. The van der Waals surface area contributed by atoms with E-state index in [0.29, 0.717) is 13.2 Å². The van der Waals surface area contributed by atoms with E-state index in [1.165, 1.54) is 16.7 Å². The van der Waals surface area contributed by atoms with Gasteiger partial charge in [-0.2, -0.15) is 0 Å². The second-order valence-corrected chi connectivity index (χ2v) is 4.80. The second kappa shape index (κ2) is 5.63. The molecule has 0 bridgehead atoms. The predicted molar refractivity (Wildman–Crippen MR) is 67.9 cm³/mol. The Bertz CT molecular complexity index is 372. The van der Waals surface area contributed by atoms with Crippen molar-refractivity contribution >= 4 is 0 Å². The third-order valence-electron chi connectivity index (χ3n) is 3.17. The van der Waals surface area contributed by atoms with Crippen molar-refractivity contribution < 1.29 is 9.47 Å². The maximum atomic E-state index is 6.14. The second-order valence-electron chi connectivity index (χ2n) is 4.80. The highest BCUT2D eigenvalue weighted by Crippen LogP contribution is 2.16. The molecule has 1 aromatic rings. The van der Waals surface area contributed by atoms with Crippen LogP contribution < -0.4 is 5.73 Å². The third-order valence-corrected chi connectivity index (χ3v) is 3.17. The summed E-state index contributed by atoms with van der Waals surface area (Å²) in [5.74, 6) is 0. The largest absolute Gasteiger partial charge is 0.350 e. The summed E-state index contributed by atoms with van der Waals surface area (Å²) in [7, 11) is 0. The van der Waals surface area contributed by atoms with E-state index in [1.54, 1.807) is 0 Å². The van der Waals surface area contributed by atoms with Crippen molar-refractivity contribution in [1.29, 1.82) is 0 Å². The number of nitrogens with two attached hydrogens (primary N) is 1. The molecular formula is C14H21NO2. The normalized spacial score (nSPS) is 18.5. The van der Waals surface area contributed by atoms with Gasteiger partial charge < -0.3 is 15.2 Å². The topological polar surface area (TPSA) is 44.5 Å². The minimum atomic E-state index is -0.102. The van der Waals surface area contributed by atoms with E-state index in [1.807, 2.05) is 0 Å². The Morgan fingerprint density at radius 1 is 1.29 bits per heavy atom. The van der Waals surface area contributed by atoms with E-state index in [-0.39, 0.29) is 12.3 Å². The molecule has 0 saturated carbocycles. The first kappa shape index (κ1) is 12.6. The highest BCUT2D eigenvalue weighted by atomic mass is 16.7. The number of aryl methyl sites for hydroxylation is 2. The maximum absolute atomic E-state index is 6.14. The van der Waals surface area contributed by atoms with Crippen LogP contribution in [0, 0.1) is 13.8 Å². The standard InChI is InChI=1S/C14H21NO2/c1-10-3-4-11(2)12(7-10)8-13(15)9-14-16-5-6-17-14/h3-4,7,13-14H,5-6,8-9,15H2,1-2H3. The average molecular weight is 235 g/mol. The summed E-state index contributed by atoms with van der Waals surface area (Å²) >= 11 is 0. The molecule has 0 amide bonds. The molecule has 1 heterocycles. The van der Waals surface area contributed by atoms with Crippen LogP contribution in [0.25, 0.3) is 0 Å².